The minimum absolute atomic E-state index is 0.208. The van der Waals surface area contributed by atoms with Crippen molar-refractivity contribution in [3.63, 3.8) is 0 Å². The Morgan fingerprint density at radius 3 is 2.93 bits per heavy atom. The van der Waals surface area contributed by atoms with Crippen molar-refractivity contribution < 1.29 is 4.74 Å². The molecule has 0 saturated heterocycles. The van der Waals surface area contributed by atoms with Crippen molar-refractivity contribution in [2.45, 2.75) is 25.9 Å². The van der Waals surface area contributed by atoms with Gasteiger partial charge in [-0.15, -0.1) is 6.58 Å². The number of nitrogens with zero attached hydrogens (tertiary/aromatic N) is 2. The van der Waals surface area contributed by atoms with E-state index in [0.717, 1.165) is 24.4 Å². The molecule has 0 bridgehead atoms. The van der Waals surface area contributed by atoms with Crippen LogP contribution in [0.5, 0.6) is 5.75 Å². The highest BCUT2D eigenvalue weighted by atomic mass is 16.5. The second-order valence-corrected chi connectivity index (χ2v) is 3.28. The van der Waals surface area contributed by atoms with Crippen LogP contribution in [0.3, 0.4) is 0 Å². The number of ether oxygens (including phenoxy) is 1. The largest absolute Gasteiger partial charge is 0.493 e. The third kappa shape index (κ3) is 2.39. The van der Waals surface area contributed by atoms with Gasteiger partial charge in [0.05, 0.1) is 25.0 Å². The Kier molecular flexibility index (Phi) is 4.37. The Hall–Kier alpha value is -1.29. The summed E-state index contributed by atoms with van der Waals surface area (Å²) in [5.74, 6) is 0.832. The maximum atomic E-state index is 5.30. The van der Waals surface area contributed by atoms with Gasteiger partial charge in [0, 0.05) is 6.54 Å². The van der Waals surface area contributed by atoms with E-state index >= 15 is 0 Å². The van der Waals surface area contributed by atoms with Crippen LogP contribution in [0.1, 0.15) is 25.1 Å². The molecule has 0 amide bonds. The maximum Gasteiger partial charge on any atom is 0.161 e. The highest BCUT2D eigenvalue weighted by molar-refractivity contribution is 5.28. The molecule has 4 heteroatoms. The predicted octanol–water partition coefficient (Wildman–Crippen LogP) is 1.75. The molecular weight excluding hydrogens is 190 g/mol. The molecule has 0 spiro atoms. The third-order valence-corrected chi connectivity index (χ3v) is 2.45. The lowest BCUT2D eigenvalue weighted by Crippen LogP contribution is -2.20. The van der Waals surface area contributed by atoms with Gasteiger partial charge in [-0.3, -0.25) is 4.68 Å². The Bertz CT molecular complexity index is 298. The number of aromatic nitrogens is 2. The van der Waals surface area contributed by atoms with Gasteiger partial charge in [-0.05, 0) is 20.4 Å². The van der Waals surface area contributed by atoms with E-state index in [1.54, 1.807) is 13.3 Å². The molecule has 0 aliphatic rings. The van der Waals surface area contributed by atoms with Crippen LogP contribution in [0.2, 0.25) is 0 Å². The molecule has 0 aliphatic heterocycles. The molecule has 1 atom stereocenters. The molecule has 4 nitrogen and oxygen atoms in total. The van der Waals surface area contributed by atoms with E-state index in [4.69, 9.17) is 4.74 Å². The highest BCUT2D eigenvalue weighted by Crippen LogP contribution is 2.26. The van der Waals surface area contributed by atoms with Gasteiger partial charge in [0.1, 0.15) is 0 Å². The van der Waals surface area contributed by atoms with Gasteiger partial charge in [-0.1, -0.05) is 6.08 Å². The van der Waals surface area contributed by atoms with Gasteiger partial charge < -0.3 is 10.1 Å². The van der Waals surface area contributed by atoms with Crippen molar-refractivity contribution in [3.05, 3.63) is 24.5 Å². The normalized spacial score (nSPS) is 12.5. The van der Waals surface area contributed by atoms with Gasteiger partial charge in [0.25, 0.3) is 0 Å². The Morgan fingerprint density at radius 1 is 1.73 bits per heavy atom. The topological polar surface area (TPSA) is 39.1 Å². The molecule has 0 radical (unpaired) electrons. The fourth-order valence-electron chi connectivity index (χ4n) is 1.67. The van der Waals surface area contributed by atoms with Crippen LogP contribution in [-0.4, -0.2) is 23.9 Å². The van der Waals surface area contributed by atoms with Crippen molar-refractivity contribution >= 4 is 0 Å². The number of rotatable bonds is 6. The van der Waals surface area contributed by atoms with E-state index in [1.165, 1.54) is 0 Å². The van der Waals surface area contributed by atoms with Crippen LogP contribution < -0.4 is 10.1 Å². The summed E-state index contributed by atoms with van der Waals surface area (Å²) in [4.78, 5) is 0. The molecule has 0 aliphatic carbocycles. The number of nitrogens with one attached hydrogen (secondary N) is 1. The number of hydrogen-bond acceptors (Lipinski definition) is 3. The lowest BCUT2D eigenvalue weighted by atomic mass is 10.1. The Labute approximate surface area is 90.9 Å². The van der Waals surface area contributed by atoms with E-state index in [-0.39, 0.29) is 6.04 Å². The lowest BCUT2D eigenvalue weighted by molar-refractivity contribution is 0.395. The summed E-state index contributed by atoms with van der Waals surface area (Å²) in [5.41, 5.74) is 1.09. The molecule has 1 unspecified atom stereocenters. The Balaban J connectivity index is 3.05. The smallest absolute Gasteiger partial charge is 0.161 e. The van der Waals surface area contributed by atoms with Crippen LogP contribution in [0.15, 0.2) is 18.9 Å². The molecule has 1 rings (SSSR count). The lowest BCUT2D eigenvalue weighted by Gasteiger charge is -2.17. The van der Waals surface area contributed by atoms with E-state index in [0.29, 0.717) is 0 Å². The van der Waals surface area contributed by atoms with E-state index < -0.39 is 0 Å². The van der Waals surface area contributed by atoms with Crippen LogP contribution in [0.4, 0.5) is 0 Å². The molecule has 1 heterocycles. The summed E-state index contributed by atoms with van der Waals surface area (Å²) in [5, 5.41) is 7.52. The van der Waals surface area contributed by atoms with Gasteiger partial charge in [0.15, 0.2) is 5.75 Å². The zero-order valence-electron chi connectivity index (χ0n) is 9.66. The minimum atomic E-state index is 0.208. The second kappa shape index (κ2) is 5.56. The van der Waals surface area contributed by atoms with Crippen molar-refractivity contribution in [2.24, 2.45) is 0 Å². The quantitative estimate of drug-likeness (QED) is 0.725. The average Bonchev–Trinajstić information content (AvgIpc) is 2.68. The van der Waals surface area contributed by atoms with Crippen molar-refractivity contribution in [3.8, 4) is 5.75 Å². The fourth-order valence-corrected chi connectivity index (χ4v) is 1.67. The van der Waals surface area contributed by atoms with Gasteiger partial charge in [-0.2, -0.15) is 5.10 Å². The van der Waals surface area contributed by atoms with E-state index in [2.05, 4.69) is 23.9 Å². The second-order valence-electron chi connectivity index (χ2n) is 3.28. The molecule has 84 valence electrons. The maximum absolute atomic E-state index is 5.30. The first kappa shape index (κ1) is 11.8. The van der Waals surface area contributed by atoms with Crippen molar-refractivity contribution in [1.29, 1.82) is 0 Å². The average molecular weight is 209 g/mol. The highest BCUT2D eigenvalue weighted by Gasteiger charge is 2.18. The molecule has 1 N–H and O–H groups in total. The number of hydrogen-bond donors (Lipinski definition) is 1. The summed E-state index contributed by atoms with van der Waals surface area (Å²) in [7, 11) is 3.60. The zero-order chi connectivity index (χ0) is 11.3. The predicted molar refractivity (Wildman–Crippen MR) is 61.1 cm³/mol. The fraction of sp³-hybridized carbons (Fsp3) is 0.545. The third-order valence-electron chi connectivity index (χ3n) is 2.45. The monoisotopic (exact) mass is 209 g/mol. The van der Waals surface area contributed by atoms with Crippen LogP contribution >= 0.6 is 0 Å². The molecule has 0 saturated carbocycles. The van der Waals surface area contributed by atoms with Gasteiger partial charge in [-0.25, -0.2) is 0 Å². The molecule has 1 aromatic rings. The van der Waals surface area contributed by atoms with Gasteiger partial charge in [0.2, 0.25) is 0 Å². The molecule has 15 heavy (non-hydrogen) atoms. The number of methoxy groups -OCH3 is 1. The van der Waals surface area contributed by atoms with Crippen LogP contribution in [0, 0.1) is 0 Å². The summed E-state index contributed by atoms with van der Waals surface area (Å²) >= 11 is 0. The van der Waals surface area contributed by atoms with Crippen molar-refractivity contribution in [1.82, 2.24) is 15.1 Å². The zero-order valence-corrected chi connectivity index (χ0v) is 9.66. The minimum Gasteiger partial charge on any atom is -0.493 e. The first-order chi connectivity index (χ1) is 7.28. The van der Waals surface area contributed by atoms with E-state index in [1.807, 2.05) is 17.8 Å². The standard InChI is InChI=1S/C11H19N3O/c1-5-7-9(12-3)11-10(15-4)8-13-14(11)6-2/h5,8-9,12H,1,6-7H2,2-4H3. The van der Waals surface area contributed by atoms with Crippen molar-refractivity contribution in [2.75, 3.05) is 14.2 Å². The first-order valence-corrected chi connectivity index (χ1v) is 5.16. The molecule has 1 aromatic heterocycles. The SMILES string of the molecule is C=CCC(NC)c1c(OC)cnn1CC. The summed E-state index contributed by atoms with van der Waals surface area (Å²) in [6.45, 7) is 6.67. The van der Waals surface area contributed by atoms with E-state index in [9.17, 15) is 0 Å². The number of aryl methyl sites for hydroxylation is 1. The van der Waals surface area contributed by atoms with Gasteiger partial charge >= 0.3 is 0 Å². The Morgan fingerprint density at radius 2 is 2.47 bits per heavy atom. The molecule has 0 fully saturated rings. The van der Waals surface area contributed by atoms with Crippen LogP contribution in [0.25, 0.3) is 0 Å². The molecular formula is C11H19N3O. The summed E-state index contributed by atoms with van der Waals surface area (Å²) < 4.78 is 7.25. The molecule has 0 aromatic carbocycles. The summed E-state index contributed by atoms with van der Waals surface area (Å²) in [6.07, 6.45) is 4.51. The summed E-state index contributed by atoms with van der Waals surface area (Å²) in [6, 6.07) is 0.208. The first-order valence-electron chi connectivity index (χ1n) is 5.16. The van der Waals surface area contributed by atoms with Crippen LogP contribution in [-0.2, 0) is 6.54 Å².